The number of nitrogens with one attached hydrogen (secondary N) is 2. The summed E-state index contributed by atoms with van der Waals surface area (Å²) in [6.45, 7) is 28.4. The second kappa shape index (κ2) is 23.4. The molecule has 3 saturated heterocycles. The first-order valence-electron chi connectivity index (χ1n) is 23.7. The molecule has 3 heterocycles. The topological polar surface area (TPSA) is 144 Å². The number of hydrogen-bond donors (Lipinski definition) is 3. The van der Waals surface area contributed by atoms with Crippen molar-refractivity contribution in [2.75, 3.05) is 7.05 Å². The zero-order chi connectivity index (χ0) is 45.6. The minimum absolute atomic E-state index is 0.000484. The smallest absolute Gasteiger partial charge is 0.306 e. The Kier molecular flexibility index (Phi) is 21.1. The van der Waals surface area contributed by atoms with Gasteiger partial charge in [0.15, 0.2) is 0 Å². The van der Waals surface area contributed by atoms with E-state index in [1.54, 1.807) is 0 Å². The molecular formula is C49H91N3O8. The molecule has 2 unspecified atom stereocenters. The fourth-order valence-corrected chi connectivity index (χ4v) is 10.3. The number of rotatable bonds is 21. The lowest BCUT2D eigenvalue weighted by Crippen LogP contribution is -2.64. The maximum atomic E-state index is 12.3. The monoisotopic (exact) mass is 850 g/mol. The molecule has 0 bridgehead atoms. The zero-order valence-corrected chi connectivity index (χ0v) is 40.9. The summed E-state index contributed by atoms with van der Waals surface area (Å²) < 4.78 is 17.4. The van der Waals surface area contributed by atoms with Crippen molar-refractivity contribution in [1.82, 2.24) is 15.5 Å². The highest BCUT2D eigenvalue weighted by Crippen LogP contribution is 2.42. The highest BCUT2D eigenvalue weighted by atomic mass is 16.6. The molecule has 2 atom stereocenters. The Balaban J connectivity index is 0.000000429. The van der Waals surface area contributed by atoms with Crippen LogP contribution in [0.25, 0.3) is 0 Å². The number of carboxylic acid groups (broad SMARTS) is 1. The van der Waals surface area contributed by atoms with E-state index < -0.39 is 5.97 Å². The summed E-state index contributed by atoms with van der Waals surface area (Å²) in [7, 11) is 2.16. The van der Waals surface area contributed by atoms with E-state index in [4.69, 9.17) is 19.3 Å². The number of carbonyl (C=O) groups is 4. The number of carbonyl (C=O) groups excluding carboxylic acids is 3. The molecule has 11 heteroatoms. The minimum Gasteiger partial charge on any atom is -0.481 e. The van der Waals surface area contributed by atoms with Crippen LogP contribution in [0.1, 0.15) is 225 Å². The number of unbranched alkanes of at least 4 members (excludes halogenated alkanes) is 10. The highest BCUT2D eigenvalue weighted by molar-refractivity contribution is 5.70. The van der Waals surface area contributed by atoms with E-state index in [1.165, 1.54) is 0 Å². The van der Waals surface area contributed by atoms with E-state index in [0.29, 0.717) is 25.2 Å². The number of carboxylic acids is 1. The summed E-state index contributed by atoms with van der Waals surface area (Å²) in [6.07, 6.45) is 17.6. The SMILES string of the molecule is CC1(C)CC(OC(=O)CCCCCCCCC(=O)OC2CC(C)(C)NC(C)(C)C2)CC(C)(C)N1.CC1C(OC(=O)CCCCCCCCC(=O)O)CC(C)(C)N(C)C1(C)C. The van der Waals surface area contributed by atoms with E-state index in [9.17, 15) is 19.2 Å². The third-order valence-electron chi connectivity index (χ3n) is 13.4. The normalized spacial score (nSPS) is 24.4. The molecule has 3 aliphatic heterocycles. The molecule has 0 aromatic rings. The van der Waals surface area contributed by atoms with Crippen LogP contribution >= 0.6 is 0 Å². The van der Waals surface area contributed by atoms with Gasteiger partial charge in [-0.3, -0.25) is 24.1 Å². The van der Waals surface area contributed by atoms with Crippen molar-refractivity contribution in [3.63, 3.8) is 0 Å². The van der Waals surface area contributed by atoms with Gasteiger partial charge in [0, 0.05) is 96.9 Å². The quantitative estimate of drug-likeness (QED) is 0.0577. The van der Waals surface area contributed by atoms with E-state index >= 15 is 0 Å². The molecule has 3 N–H and O–H groups in total. The molecule has 0 radical (unpaired) electrons. The molecular weight excluding hydrogens is 759 g/mol. The third kappa shape index (κ3) is 20.3. The molecule has 60 heavy (non-hydrogen) atoms. The number of piperidine rings is 3. The van der Waals surface area contributed by atoms with Crippen LogP contribution in [0.3, 0.4) is 0 Å². The van der Waals surface area contributed by atoms with Gasteiger partial charge >= 0.3 is 23.9 Å². The summed E-state index contributed by atoms with van der Waals surface area (Å²) in [4.78, 5) is 49.7. The van der Waals surface area contributed by atoms with Crippen LogP contribution in [0.5, 0.6) is 0 Å². The number of nitrogens with zero attached hydrogens (tertiary/aromatic N) is 1. The van der Waals surface area contributed by atoms with Gasteiger partial charge in [0.2, 0.25) is 0 Å². The van der Waals surface area contributed by atoms with Gasteiger partial charge in [-0.05, 0) is 116 Å². The van der Waals surface area contributed by atoms with Crippen LogP contribution in [0, 0.1) is 5.92 Å². The summed E-state index contributed by atoms with van der Waals surface area (Å²) >= 11 is 0. The van der Waals surface area contributed by atoms with Crippen LogP contribution in [-0.2, 0) is 33.4 Å². The van der Waals surface area contributed by atoms with Gasteiger partial charge in [0.1, 0.15) is 18.3 Å². The van der Waals surface area contributed by atoms with Crippen LogP contribution in [0.15, 0.2) is 0 Å². The Morgan fingerprint density at radius 3 is 1.13 bits per heavy atom. The fraction of sp³-hybridized carbons (Fsp3) is 0.918. The average molecular weight is 850 g/mol. The molecule has 3 fully saturated rings. The van der Waals surface area contributed by atoms with E-state index in [2.05, 4.69) is 113 Å². The number of ether oxygens (including phenoxy) is 3. The Hall–Kier alpha value is -2.24. The Morgan fingerprint density at radius 1 is 0.500 bits per heavy atom. The summed E-state index contributed by atoms with van der Waals surface area (Å²) in [5.41, 5.74) is -0.0564. The number of aliphatic carboxylic acids is 1. The predicted octanol–water partition coefficient (Wildman–Crippen LogP) is 10.4. The second-order valence-electron chi connectivity index (χ2n) is 22.5. The van der Waals surface area contributed by atoms with Crippen molar-refractivity contribution in [1.29, 1.82) is 0 Å². The number of likely N-dealkylation sites (tertiary alicyclic amines) is 1. The molecule has 0 spiro atoms. The standard InChI is InChI=1S/C28H52N2O4.C21H39NO4/c1-25(2)17-21(18-26(3,4)29-25)33-23(31)15-13-11-9-10-12-14-16-24(32)34-22-19-27(5,6)30-28(7,8)20-22;1-16-17(15-20(2,3)22(6)21(16,4)5)26-19(25)14-12-10-8-7-9-11-13-18(23)24/h21-22,29-30H,9-20H2,1-8H3;16-17H,7-15H2,1-6H3,(H,23,24). The Bertz CT molecular complexity index is 1270. The molecule has 350 valence electrons. The molecule has 0 amide bonds. The fourth-order valence-electron chi connectivity index (χ4n) is 10.3. The molecule has 11 nitrogen and oxygen atoms in total. The summed E-state index contributed by atoms with van der Waals surface area (Å²) in [5, 5.41) is 15.8. The Morgan fingerprint density at radius 2 is 0.800 bits per heavy atom. The first-order chi connectivity index (χ1) is 27.5. The van der Waals surface area contributed by atoms with Gasteiger partial charge < -0.3 is 30.0 Å². The van der Waals surface area contributed by atoms with Crippen molar-refractivity contribution in [3.8, 4) is 0 Å². The van der Waals surface area contributed by atoms with Gasteiger partial charge in [-0.25, -0.2) is 0 Å². The van der Waals surface area contributed by atoms with E-state index in [1.807, 2.05) is 0 Å². The van der Waals surface area contributed by atoms with Gasteiger partial charge in [-0.15, -0.1) is 0 Å². The maximum Gasteiger partial charge on any atom is 0.306 e. The van der Waals surface area contributed by atoms with Crippen molar-refractivity contribution < 1.29 is 38.5 Å². The lowest BCUT2D eigenvalue weighted by atomic mass is 9.72. The highest BCUT2D eigenvalue weighted by Gasteiger charge is 2.49. The largest absolute Gasteiger partial charge is 0.481 e. The van der Waals surface area contributed by atoms with E-state index in [-0.39, 0.29) is 75.9 Å². The van der Waals surface area contributed by atoms with Gasteiger partial charge in [0.05, 0.1) is 0 Å². The van der Waals surface area contributed by atoms with Crippen LogP contribution in [0.2, 0.25) is 0 Å². The number of hydrogen-bond acceptors (Lipinski definition) is 10. The third-order valence-corrected chi connectivity index (χ3v) is 13.4. The summed E-state index contributed by atoms with van der Waals surface area (Å²) in [6, 6.07) is 0. The van der Waals surface area contributed by atoms with E-state index in [0.717, 1.165) is 109 Å². The first-order valence-corrected chi connectivity index (χ1v) is 23.7. The maximum absolute atomic E-state index is 12.3. The number of esters is 3. The molecule has 3 aliphatic rings. The van der Waals surface area contributed by atoms with Gasteiger partial charge in [-0.1, -0.05) is 58.3 Å². The van der Waals surface area contributed by atoms with Crippen molar-refractivity contribution in [2.24, 2.45) is 5.92 Å². The average Bonchev–Trinajstić information content (AvgIpc) is 3.06. The lowest BCUT2D eigenvalue weighted by Gasteiger charge is -2.56. The van der Waals surface area contributed by atoms with Crippen LogP contribution in [-0.4, -0.2) is 92.5 Å². The molecule has 3 rings (SSSR count). The Labute approximate surface area is 366 Å². The van der Waals surface area contributed by atoms with Crippen molar-refractivity contribution in [3.05, 3.63) is 0 Å². The zero-order valence-electron chi connectivity index (χ0n) is 40.9. The predicted molar refractivity (Wildman–Crippen MR) is 242 cm³/mol. The minimum atomic E-state index is -0.720. The van der Waals surface area contributed by atoms with Gasteiger partial charge in [-0.2, -0.15) is 0 Å². The molecule has 0 aromatic carbocycles. The molecule has 0 aliphatic carbocycles. The second-order valence-corrected chi connectivity index (χ2v) is 22.5. The summed E-state index contributed by atoms with van der Waals surface area (Å²) in [5.74, 6) is -0.638. The lowest BCUT2D eigenvalue weighted by molar-refractivity contribution is -0.168. The van der Waals surface area contributed by atoms with Crippen LogP contribution < -0.4 is 10.6 Å². The van der Waals surface area contributed by atoms with Crippen molar-refractivity contribution >= 4 is 23.9 Å². The van der Waals surface area contributed by atoms with Gasteiger partial charge in [0.25, 0.3) is 0 Å². The van der Waals surface area contributed by atoms with Crippen molar-refractivity contribution in [2.45, 2.75) is 276 Å². The molecule has 0 saturated carbocycles. The van der Waals surface area contributed by atoms with Crippen LogP contribution in [0.4, 0.5) is 0 Å². The molecule has 0 aromatic heterocycles. The first kappa shape index (κ1) is 53.9.